The summed E-state index contributed by atoms with van der Waals surface area (Å²) in [6.45, 7) is 4.31. The number of rotatable bonds is 5. The number of ketones is 1. The first-order chi connectivity index (χ1) is 8.27. The van der Waals surface area contributed by atoms with E-state index >= 15 is 0 Å². The minimum atomic E-state index is 0.215. The third-order valence-corrected chi connectivity index (χ3v) is 4.52. The Bertz CT molecular complexity index is 262. The highest BCUT2D eigenvalue weighted by molar-refractivity contribution is 5.82. The van der Waals surface area contributed by atoms with Gasteiger partial charge in [-0.25, -0.2) is 0 Å². The van der Waals surface area contributed by atoms with Crippen LogP contribution in [0.1, 0.15) is 65.2 Å². The van der Waals surface area contributed by atoms with Gasteiger partial charge in [0, 0.05) is 12.3 Å². The summed E-state index contributed by atoms with van der Waals surface area (Å²) in [5.74, 6) is 1.24. The second-order valence-corrected chi connectivity index (χ2v) is 5.67. The third kappa shape index (κ3) is 2.73. The number of fused-ring (bicyclic) bond motifs is 1. The van der Waals surface area contributed by atoms with Crippen molar-refractivity contribution >= 4 is 5.78 Å². The molecule has 17 heavy (non-hydrogen) atoms. The predicted molar refractivity (Wildman–Crippen MR) is 68.9 cm³/mol. The molecule has 0 aromatic carbocycles. The second-order valence-electron chi connectivity index (χ2n) is 5.67. The highest BCUT2D eigenvalue weighted by Gasteiger charge is 2.47. The zero-order valence-electron chi connectivity index (χ0n) is 11.3. The summed E-state index contributed by atoms with van der Waals surface area (Å²) >= 11 is 0. The number of unbranched alkanes of at least 4 members (excludes halogenated alkanes) is 1. The van der Waals surface area contributed by atoms with Crippen LogP contribution in [0.25, 0.3) is 0 Å². The molecule has 0 N–H and O–H groups in total. The van der Waals surface area contributed by atoms with Gasteiger partial charge < -0.3 is 4.74 Å². The van der Waals surface area contributed by atoms with E-state index in [0.29, 0.717) is 17.8 Å². The van der Waals surface area contributed by atoms with Gasteiger partial charge in [-0.05, 0) is 31.6 Å². The fourth-order valence-electron chi connectivity index (χ4n) is 3.60. The third-order valence-electron chi connectivity index (χ3n) is 4.52. The fraction of sp³-hybridized carbons (Fsp3) is 0.933. The van der Waals surface area contributed by atoms with Crippen molar-refractivity contribution in [2.24, 2.45) is 11.8 Å². The van der Waals surface area contributed by atoms with Gasteiger partial charge in [0.25, 0.3) is 0 Å². The number of carbonyl (C=O) groups is 1. The first-order valence-corrected chi connectivity index (χ1v) is 7.46. The normalized spacial score (nSPS) is 36.8. The number of Topliss-reactive ketones (excluding diaryl/α,β-unsaturated/α-hetero) is 1. The van der Waals surface area contributed by atoms with E-state index < -0.39 is 0 Å². The molecule has 0 spiro atoms. The molecule has 1 aliphatic carbocycles. The molecule has 1 aliphatic heterocycles. The number of ether oxygens (including phenoxy) is 1. The average molecular weight is 238 g/mol. The van der Waals surface area contributed by atoms with Crippen molar-refractivity contribution in [2.45, 2.75) is 77.4 Å². The first kappa shape index (κ1) is 13.1. The molecule has 0 unspecified atom stereocenters. The van der Waals surface area contributed by atoms with E-state index in [1.165, 1.54) is 25.7 Å². The fourth-order valence-corrected chi connectivity index (χ4v) is 3.60. The Morgan fingerprint density at radius 1 is 1.24 bits per heavy atom. The van der Waals surface area contributed by atoms with Crippen LogP contribution in [0.3, 0.4) is 0 Å². The topological polar surface area (TPSA) is 26.3 Å². The lowest BCUT2D eigenvalue weighted by Crippen LogP contribution is -2.31. The van der Waals surface area contributed by atoms with Crippen LogP contribution in [0, 0.1) is 11.8 Å². The number of hydrogen-bond donors (Lipinski definition) is 0. The Balaban J connectivity index is 2.03. The van der Waals surface area contributed by atoms with Gasteiger partial charge in [0.1, 0.15) is 5.78 Å². The van der Waals surface area contributed by atoms with E-state index in [1.54, 1.807) is 0 Å². The molecule has 2 rings (SSSR count). The highest BCUT2D eigenvalue weighted by Crippen LogP contribution is 2.43. The number of carbonyl (C=O) groups excluding carboxylic acids is 1. The van der Waals surface area contributed by atoms with E-state index in [9.17, 15) is 4.79 Å². The lowest BCUT2D eigenvalue weighted by atomic mass is 9.75. The molecule has 0 radical (unpaired) electrons. The highest BCUT2D eigenvalue weighted by atomic mass is 16.5. The second kappa shape index (κ2) is 5.99. The maximum Gasteiger partial charge on any atom is 0.138 e. The Morgan fingerprint density at radius 3 is 2.71 bits per heavy atom. The van der Waals surface area contributed by atoms with Gasteiger partial charge in [-0.2, -0.15) is 0 Å². The summed E-state index contributed by atoms with van der Waals surface area (Å²) in [5, 5.41) is 0. The maximum absolute atomic E-state index is 12.3. The molecule has 4 atom stereocenters. The van der Waals surface area contributed by atoms with Crippen molar-refractivity contribution in [3.8, 4) is 0 Å². The molecule has 0 amide bonds. The van der Waals surface area contributed by atoms with Crippen LogP contribution in [-0.2, 0) is 9.53 Å². The summed E-state index contributed by atoms with van der Waals surface area (Å²) in [4.78, 5) is 12.3. The van der Waals surface area contributed by atoms with Crippen molar-refractivity contribution in [2.75, 3.05) is 0 Å². The molecule has 2 nitrogen and oxygen atoms in total. The summed E-state index contributed by atoms with van der Waals surface area (Å²) in [6.07, 6.45) is 9.50. The molecule has 1 heterocycles. The van der Waals surface area contributed by atoms with E-state index in [4.69, 9.17) is 4.74 Å². The van der Waals surface area contributed by atoms with Gasteiger partial charge >= 0.3 is 0 Å². The van der Waals surface area contributed by atoms with Crippen molar-refractivity contribution < 1.29 is 9.53 Å². The zero-order chi connectivity index (χ0) is 12.3. The molecule has 0 bridgehead atoms. The smallest absolute Gasteiger partial charge is 0.138 e. The van der Waals surface area contributed by atoms with Crippen LogP contribution in [-0.4, -0.2) is 18.0 Å². The number of hydrogen-bond acceptors (Lipinski definition) is 2. The van der Waals surface area contributed by atoms with Crippen LogP contribution in [0.15, 0.2) is 0 Å². The van der Waals surface area contributed by atoms with Crippen LogP contribution in [0.5, 0.6) is 0 Å². The van der Waals surface area contributed by atoms with Gasteiger partial charge in [0.2, 0.25) is 0 Å². The van der Waals surface area contributed by atoms with E-state index in [0.717, 1.165) is 25.7 Å². The molecule has 1 saturated carbocycles. The van der Waals surface area contributed by atoms with Gasteiger partial charge in [-0.15, -0.1) is 0 Å². The Kier molecular flexibility index (Phi) is 4.61. The maximum atomic E-state index is 12.3. The van der Waals surface area contributed by atoms with Crippen molar-refractivity contribution in [1.82, 2.24) is 0 Å². The molecule has 1 saturated heterocycles. The lowest BCUT2D eigenvalue weighted by molar-refractivity contribution is -0.125. The average Bonchev–Trinajstić information content (AvgIpc) is 2.74. The minimum Gasteiger partial charge on any atom is -0.374 e. The molecule has 2 aliphatic rings. The zero-order valence-corrected chi connectivity index (χ0v) is 11.3. The van der Waals surface area contributed by atoms with Crippen molar-refractivity contribution in [3.05, 3.63) is 0 Å². The van der Waals surface area contributed by atoms with Crippen molar-refractivity contribution in [3.63, 3.8) is 0 Å². The van der Waals surface area contributed by atoms with Gasteiger partial charge in [-0.3, -0.25) is 4.79 Å². The summed E-state index contributed by atoms with van der Waals surface area (Å²) in [7, 11) is 0. The molecule has 2 fully saturated rings. The predicted octanol–water partition coefficient (Wildman–Crippen LogP) is 3.73. The van der Waals surface area contributed by atoms with Gasteiger partial charge in [-0.1, -0.05) is 33.1 Å². The largest absolute Gasteiger partial charge is 0.374 e. The van der Waals surface area contributed by atoms with Crippen LogP contribution in [0.4, 0.5) is 0 Å². The molecular weight excluding hydrogens is 212 g/mol. The SMILES string of the molecule is CCCCC(=O)[C@@H]1[C@H]2CCCC[C@@H]2O[C@@H]1CC. The monoisotopic (exact) mass is 238 g/mol. The molecule has 0 aromatic heterocycles. The Hall–Kier alpha value is -0.370. The van der Waals surface area contributed by atoms with Crippen LogP contribution in [0.2, 0.25) is 0 Å². The van der Waals surface area contributed by atoms with E-state index in [1.807, 2.05) is 0 Å². The van der Waals surface area contributed by atoms with Crippen LogP contribution >= 0.6 is 0 Å². The quantitative estimate of drug-likeness (QED) is 0.729. The minimum absolute atomic E-state index is 0.215. The van der Waals surface area contributed by atoms with E-state index in [-0.39, 0.29) is 12.0 Å². The summed E-state index contributed by atoms with van der Waals surface area (Å²) < 4.78 is 6.11. The first-order valence-electron chi connectivity index (χ1n) is 7.46. The lowest BCUT2D eigenvalue weighted by Gasteiger charge is -2.26. The molecular formula is C15H26O2. The summed E-state index contributed by atoms with van der Waals surface area (Å²) in [6, 6.07) is 0. The van der Waals surface area contributed by atoms with Gasteiger partial charge in [0.15, 0.2) is 0 Å². The van der Waals surface area contributed by atoms with Crippen LogP contribution < -0.4 is 0 Å². The Morgan fingerprint density at radius 2 is 2.00 bits per heavy atom. The standard InChI is InChI=1S/C15H26O2/c1-3-5-9-12(16)15-11-8-6-7-10-14(11)17-13(15)4-2/h11,13-15H,3-10H2,1-2H3/t11-,13+,14-,15-/m0/s1. The summed E-state index contributed by atoms with van der Waals surface area (Å²) in [5.41, 5.74) is 0. The molecule has 2 heteroatoms. The molecule has 0 aromatic rings. The van der Waals surface area contributed by atoms with Gasteiger partial charge in [0.05, 0.1) is 12.2 Å². The van der Waals surface area contributed by atoms with E-state index in [2.05, 4.69) is 13.8 Å². The Labute approximate surface area is 105 Å². The van der Waals surface area contributed by atoms with Crippen molar-refractivity contribution in [1.29, 1.82) is 0 Å². The molecule has 98 valence electrons.